The fraction of sp³-hybridized carbons (Fsp3) is 0. The van der Waals surface area contributed by atoms with Gasteiger partial charge in [-0.05, 0) is 6.08 Å². The molecule has 0 bridgehead atoms. The Morgan fingerprint density at radius 2 is 2.00 bits per heavy atom. The van der Waals surface area contributed by atoms with Crippen LogP contribution in [0.5, 0.6) is 0 Å². The molecular formula is C4H5ClO2. The van der Waals surface area contributed by atoms with Gasteiger partial charge in [0.1, 0.15) is 0 Å². The van der Waals surface area contributed by atoms with Crippen LogP contribution in [0.4, 0.5) is 0 Å². The van der Waals surface area contributed by atoms with Crippen molar-refractivity contribution in [1.29, 1.82) is 0 Å². The molecule has 0 aliphatic heterocycles. The van der Waals surface area contributed by atoms with Gasteiger partial charge in [0.05, 0.1) is 0 Å². The Bertz CT molecular complexity index is 77.7. The highest BCUT2D eigenvalue weighted by atomic mass is 35.5. The van der Waals surface area contributed by atoms with Gasteiger partial charge in [-0.3, -0.25) is 9.59 Å². The lowest BCUT2D eigenvalue weighted by Gasteiger charge is -1.63. The second-order valence-electron chi connectivity index (χ2n) is 0.724. The third-order valence-electron chi connectivity index (χ3n) is 0.317. The summed E-state index contributed by atoms with van der Waals surface area (Å²) in [6.45, 7) is 3.05. The summed E-state index contributed by atoms with van der Waals surface area (Å²) in [6, 6.07) is 0. The number of hydrogen-bond acceptors (Lipinski definition) is 2. The topological polar surface area (TPSA) is 34.1 Å². The zero-order valence-electron chi connectivity index (χ0n) is 3.59. The zero-order valence-corrected chi connectivity index (χ0v) is 4.40. The van der Waals surface area contributed by atoms with Gasteiger partial charge in [-0.25, -0.2) is 0 Å². The van der Waals surface area contributed by atoms with Crippen LogP contribution in [0.3, 0.4) is 0 Å². The van der Waals surface area contributed by atoms with E-state index in [0.29, 0.717) is 0 Å². The van der Waals surface area contributed by atoms with E-state index in [-0.39, 0.29) is 18.7 Å². The molecule has 0 saturated heterocycles. The predicted molar refractivity (Wildman–Crippen MR) is 28.5 cm³/mol. The summed E-state index contributed by atoms with van der Waals surface area (Å²) in [5, 5.41) is 0. The summed E-state index contributed by atoms with van der Waals surface area (Å²) in [6.07, 6.45) is 1.18. The summed E-state index contributed by atoms with van der Waals surface area (Å²) in [5.41, 5.74) is 0. The van der Waals surface area contributed by atoms with Crippen LogP contribution >= 0.6 is 12.4 Å². The third-order valence-corrected chi connectivity index (χ3v) is 0.317. The van der Waals surface area contributed by atoms with Crippen LogP contribution in [0.2, 0.25) is 0 Å². The molecule has 0 heterocycles. The second kappa shape index (κ2) is 5.37. The molecule has 0 aromatic rings. The van der Waals surface area contributed by atoms with E-state index in [4.69, 9.17) is 0 Å². The van der Waals surface area contributed by atoms with Gasteiger partial charge < -0.3 is 0 Å². The molecule has 0 atom stereocenters. The molecular weight excluding hydrogens is 115 g/mol. The Morgan fingerprint density at radius 3 is 2.00 bits per heavy atom. The van der Waals surface area contributed by atoms with Crippen molar-refractivity contribution < 1.29 is 9.59 Å². The molecule has 0 fully saturated rings. The second-order valence-corrected chi connectivity index (χ2v) is 0.724. The average Bonchev–Trinajstić information content (AvgIpc) is 1.65. The molecule has 0 aromatic carbocycles. The van der Waals surface area contributed by atoms with E-state index in [1.165, 1.54) is 0 Å². The van der Waals surface area contributed by atoms with Crippen molar-refractivity contribution in [3.05, 3.63) is 12.7 Å². The smallest absolute Gasteiger partial charge is 0.217 e. The monoisotopic (exact) mass is 120 g/mol. The molecule has 0 unspecified atom stereocenters. The minimum Gasteiger partial charge on any atom is -0.294 e. The molecule has 0 radical (unpaired) electrons. The molecule has 0 aliphatic rings. The van der Waals surface area contributed by atoms with Crippen LogP contribution < -0.4 is 0 Å². The lowest BCUT2D eigenvalue weighted by molar-refractivity contribution is -0.126. The average molecular weight is 121 g/mol. The van der Waals surface area contributed by atoms with Crippen molar-refractivity contribution in [2.45, 2.75) is 0 Å². The lowest BCUT2D eigenvalue weighted by atomic mass is 10.4. The van der Waals surface area contributed by atoms with Crippen molar-refractivity contribution in [3.63, 3.8) is 0 Å². The van der Waals surface area contributed by atoms with E-state index in [9.17, 15) is 9.59 Å². The Balaban J connectivity index is 0. The Labute approximate surface area is 47.6 Å². The van der Waals surface area contributed by atoms with Crippen molar-refractivity contribution in [1.82, 2.24) is 0 Å². The van der Waals surface area contributed by atoms with Crippen LogP contribution in [-0.2, 0) is 9.59 Å². The highest BCUT2D eigenvalue weighted by molar-refractivity contribution is 6.30. The summed E-state index contributed by atoms with van der Waals surface area (Å²) < 4.78 is 0. The lowest BCUT2D eigenvalue weighted by Crippen LogP contribution is -1.88. The maximum atomic E-state index is 9.69. The van der Waals surface area contributed by atoms with Gasteiger partial charge in [0.25, 0.3) is 0 Å². The first-order chi connectivity index (χ1) is 2.81. The SMILES string of the molecule is C=CC(=O)C=O.Cl. The number of aldehydes is 1. The molecule has 0 N–H and O–H groups in total. The van der Waals surface area contributed by atoms with E-state index < -0.39 is 5.78 Å². The number of allylic oxidation sites excluding steroid dienone is 1. The molecule has 0 aliphatic carbocycles. The highest BCUT2D eigenvalue weighted by Gasteiger charge is 1.82. The van der Waals surface area contributed by atoms with Gasteiger partial charge in [0.15, 0.2) is 6.29 Å². The fourth-order valence-corrected chi connectivity index (χ4v) is 0.0481. The fourth-order valence-electron chi connectivity index (χ4n) is 0.0481. The molecule has 0 rings (SSSR count). The standard InChI is InChI=1S/C4H4O2.ClH/c1-2-4(6)3-5;/h2-3H,1H2;1H. The maximum Gasteiger partial charge on any atom is 0.217 e. The Kier molecular flexibility index (Phi) is 7.38. The molecule has 2 nitrogen and oxygen atoms in total. The Hall–Kier alpha value is -0.630. The van der Waals surface area contributed by atoms with E-state index >= 15 is 0 Å². The predicted octanol–water partition coefficient (Wildman–Crippen LogP) is 0.362. The summed E-state index contributed by atoms with van der Waals surface area (Å²) >= 11 is 0. The normalized spacial score (nSPS) is 5.71. The maximum absolute atomic E-state index is 9.69. The van der Waals surface area contributed by atoms with Gasteiger partial charge >= 0.3 is 0 Å². The van der Waals surface area contributed by atoms with E-state index in [1.807, 2.05) is 0 Å². The van der Waals surface area contributed by atoms with E-state index in [2.05, 4.69) is 6.58 Å². The molecule has 40 valence electrons. The number of carbonyl (C=O) groups is 2. The van der Waals surface area contributed by atoms with Gasteiger partial charge in [-0.15, -0.1) is 12.4 Å². The van der Waals surface area contributed by atoms with Crippen molar-refractivity contribution in [2.24, 2.45) is 0 Å². The van der Waals surface area contributed by atoms with Crippen LogP contribution in [0.15, 0.2) is 12.7 Å². The first-order valence-electron chi connectivity index (χ1n) is 1.43. The van der Waals surface area contributed by atoms with Crippen LogP contribution in [0.25, 0.3) is 0 Å². The first kappa shape index (κ1) is 9.62. The van der Waals surface area contributed by atoms with Gasteiger partial charge in [-0.2, -0.15) is 0 Å². The van der Waals surface area contributed by atoms with Crippen LogP contribution in [0.1, 0.15) is 0 Å². The third kappa shape index (κ3) is 5.37. The first-order valence-corrected chi connectivity index (χ1v) is 1.43. The number of ketones is 1. The van der Waals surface area contributed by atoms with Gasteiger partial charge in [0, 0.05) is 0 Å². The summed E-state index contributed by atoms with van der Waals surface area (Å²) in [4.78, 5) is 19.0. The Morgan fingerprint density at radius 1 is 1.57 bits per heavy atom. The van der Waals surface area contributed by atoms with Crippen LogP contribution in [-0.4, -0.2) is 12.1 Å². The molecule has 7 heavy (non-hydrogen) atoms. The molecule has 0 amide bonds. The van der Waals surface area contributed by atoms with Gasteiger partial charge in [0.2, 0.25) is 5.78 Å². The highest BCUT2D eigenvalue weighted by Crippen LogP contribution is 1.58. The number of carbonyl (C=O) groups excluding carboxylic acids is 2. The molecule has 0 saturated carbocycles. The molecule has 3 heteroatoms. The number of rotatable bonds is 2. The minimum atomic E-state index is -0.574. The van der Waals surface area contributed by atoms with Crippen molar-refractivity contribution >= 4 is 24.5 Å². The quantitative estimate of drug-likeness (QED) is 0.300. The summed E-state index contributed by atoms with van der Waals surface area (Å²) in [7, 11) is 0. The van der Waals surface area contributed by atoms with Crippen molar-refractivity contribution in [3.8, 4) is 0 Å². The van der Waals surface area contributed by atoms with E-state index in [1.54, 1.807) is 0 Å². The summed E-state index contributed by atoms with van der Waals surface area (Å²) in [5.74, 6) is -0.574. The number of hydrogen-bond donors (Lipinski definition) is 0. The largest absolute Gasteiger partial charge is 0.294 e. The molecule has 0 aromatic heterocycles. The van der Waals surface area contributed by atoms with Crippen molar-refractivity contribution in [2.75, 3.05) is 0 Å². The minimum absolute atomic E-state index is 0. The zero-order chi connectivity index (χ0) is 4.99. The van der Waals surface area contributed by atoms with Gasteiger partial charge in [-0.1, -0.05) is 6.58 Å². The van der Waals surface area contributed by atoms with E-state index in [0.717, 1.165) is 6.08 Å². The number of halogens is 1. The van der Waals surface area contributed by atoms with Crippen LogP contribution in [0, 0.1) is 0 Å². The molecule has 0 spiro atoms.